The zero-order chi connectivity index (χ0) is 12.2. The van der Waals surface area contributed by atoms with Crippen LogP contribution >= 0.6 is 0 Å². The molecular formula is C9H19N3O3. The van der Waals surface area contributed by atoms with Crippen LogP contribution in [0.1, 0.15) is 27.7 Å². The third kappa shape index (κ3) is 5.90. The zero-order valence-corrected chi connectivity index (χ0v) is 9.50. The van der Waals surface area contributed by atoms with Gasteiger partial charge in [-0.2, -0.15) is 0 Å². The Morgan fingerprint density at radius 3 is 2.27 bits per heavy atom. The second kappa shape index (κ2) is 4.97. The highest BCUT2D eigenvalue weighted by Crippen LogP contribution is 2.07. The number of aliphatic hydroxyl groups is 1. The summed E-state index contributed by atoms with van der Waals surface area (Å²) in [6.07, 6.45) is -1.64. The molecule has 0 bridgehead atoms. The predicted molar refractivity (Wildman–Crippen MR) is 56.8 cm³/mol. The summed E-state index contributed by atoms with van der Waals surface area (Å²) in [7, 11) is 0. The van der Waals surface area contributed by atoms with Crippen LogP contribution in [0.2, 0.25) is 0 Å². The van der Waals surface area contributed by atoms with Gasteiger partial charge in [0.15, 0.2) is 0 Å². The third-order valence-electron chi connectivity index (χ3n) is 1.49. The normalized spacial score (nSPS) is 15.3. The lowest BCUT2D eigenvalue weighted by Crippen LogP contribution is -2.51. The number of carbonyl (C=O) groups excluding carboxylic acids is 1. The summed E-state index contributed by atoms with van der Waals surface area (Å²) in [5.74, 6) is -0.309. The van der Waals surface area contributed by atoms with Crippen molar-refractivity contribution in [2.75, 3.05) is 0 Å². The van der Waals surface area contributed by atoms with Crippen molar-refractivity contribution in [3.8, 4) is 0 Å². The van der Waals surface area contributed by atoms with E-state index in [1.54, 1.807) is 20.8 Å². The minimum absolute atomic E-state index is 0.309. The Bertz CT molecular complexity index is 245. The molecule has 5 N–H and O–H groups in total. The number of rotatable bonds is 3. The van der Waals surface area contributed by atoms with E-state index in [1.165, 1.54) is 6.92 Å². The Hall–Kier alpha value is -1.30. The van der Waals surface area contributed by atoms with Gasteiger partial charge in [0.1, 0.15) is 17.5 Å². The zero-order valence-electron chi connectivity index (χ0n) is 9.50. The molecule has 6 heteroatoms. The van der Waals surface area contributed by atoms with E-state index in [2.05, 4.69) is 5.32 Å². The summed E-state index contributed by atoms with van der Waals surface area (Å²) in [6.45, 7) is 6.59. The number of ether oxygens (including phenoxy) is 1. The minimum atomic E-state index is -0.935. The molecule has 15 heavy (non-hydrogen) atoms. The van der Waals surface area contributed by atoms with Crippen LogP contribution in [0, 0.1) is 5.41 Å². The second-order valence-electron chi connectivity index (χ2n) is 4.32. The number of hydrogen-bond acceptors (Lipinski definition) is 4. The number of nitrogens with two attached hydrogens (primary N) is 1. The van der Waals surface area contributed by atoms with Crippen LogP contribution < -0.4 is 11.1 Å². The second-order valence-corrected chi connectivity index (χ2v) is 4.32. The van der Waals surface area contributed by atoms with Crippen molar-refractivity contribution in [3.05, 3.63) is 0 Å². The van der Waals surface area contributed by atoms with E-state index >= 15 is 0 Å². The van der Waals surface area contributed by atoms with Gasteiger partial charge in [-0.3, -0.25) is 5.41 Å². The largest absolute Gasteiger partial charge is 0.444 e. The number of aliphatic hydroxyl groups excluding tert-OH is 1. The summed E-state index contributed by atoms with van der Waals surface area (Å²) in [5, 5.41) is 18.7. The molecule has 0 aliphatic rings. The van der Waals surface area contributed by atoms with E-state index in [1.807, 2.05) is 0 Å². The van der Waals surface area contributed by atoms with Gasteiger partial charge in [0.25, 0.3) is 0 Å². The van der Waals surface area contributed by atoms with Gasteiger partial charge >= 0.3 is 6.09 Å². The quantitative estimate of drug-likeness (QED) is 0.400. The summed E-state index contributed by atoms with van der Waals surface area (Å²) < 4.78 is 4.96. The Morgan fingerprint density at radius 1 is 1.53 bits per heavy atom. The lowest BCUT2D eigenvalue weighted by Gasteiger charge is -2.24. The number of hydrogen-bond donors (Lipinski definition) is 4. The molecule has 0 aromatic heterocycles. The standard InChI is InChI=1S/C9H19N3O3/c1-5(13)6(7(10)11)12-8(14)15-9(2,3)4/h5-6,13H,1-4H3,(H3,10,11)(H,12,14). The molecule has 2 atom stereocenters. The first kappa shape index (κ1) is 13.7. The Labute approximate surface area is 89.3 Å². The van der Waals surface area contributed by atoms with Crippen molar-refractivity contribution in [3.63, 3.8) is 0 Å². The molecule has 0 aliphatic carbocycles. The molecule has 1 amide bonds. The fourth-order valence-corrected chi connectivity index (χ4v) is 0.893. The van der Waals surface area contributed by atoms with Gasteiger partial charge in [-0.15, -0.1) is 0 Å². The van der Waals surface area contributed by atoms with E-state index < -0.39 is 23.8 Å². The molecule has 0 heterocycles. The van der Waals surface area contributed by atoms with Gasteiger partial charge in [0.2, 0.25) is 0 Å². The molecule has 88 valence electrons. The molecule has 0 aliphatic heterocycles. The molecule has 0 aromatic rings. The fourth-order valence-electron chi connectivity index (χ4n) is 0.893. The van der Waals surface area contributed by atoms with Crippen LogP contribution in [0.4, 0.5) is 4.79 Å². The third-order valence-corrected chi connectivity index (χ3v) is 1.49. The van der Waals surface area contributed by atoms with E-state index in [0.29, 0.717) is 0 Å². The first-order valence-electron chi connectivity index (χ1n) is 4.65. The van der Waals surface area contributed by atoms with Crippen LogP contribution in [0.5, 0.6) is 0 Å². The van der Waals surface area contributed by atoms with Crippen molar-refractivity contribution >= 4 is 11.9 Å². The first-order valence-corrected chi connectivity index (χ1v) is 4.65. The molecule has 6 nitrogen and oxygen atoms in total. The van der Waals surface area contributed by atoms with E-state index in [0.717, 1.165) is 0 Å². The average Bonchev–Trinajstić information content (AvgIpc) is 1.95. The van der Waals surface area contributed by atoms with E-state index in [9.17, 15) is 9.90 Å². The van der Waals surface area contributed by atoms with Crippen LogP contribution in [0.3, 0.4) is 0 Å². The van der Waals surface area contributed by atoms with Gasteiger partial charge in [0.05, 0.1) is 6.10 Å². The maximum absolute atomic E-state index is 11.3. The first-order chi connectivity index (χ1) is 6.63. The van der Waals surface area contributed by atoms with Crippen molar-refractivity contribution in [1.29, 1.82) is 5.41 Å². The Morgan fingerprint density at radius 2 is 2.00 bits per heavy atom. The van der Waals surface area contributed by atoms with Crippen molar-refractivity contribution in [2.45, 2.75) is 45.4 Å². The molecule has 0 saturated heterocycles. The Kier molecular flexibility index (Phi) is 4.54. The van der Waals surface area contributed by atoms with Crippen LogP contribution in [0.25, 0.3) is 0 Å². The van der Waals surface area contributed by atoms with Gasteiger partial charge in [0, 0.05) is 0 Å². The average molecular weight is 217 g/mol. The lowest BCUT2D eigenvalue weighted by molar-refractivity contribution is 0.0473. The van der Waals surface area contributed by atoms with Gasteiger partial charge in [-0.25, -0.2) is 4.79 Å². The molecular weight excluding hydrogens is 198 g/mol. The summed E-state index contributed by atoms with van der Waals surface area (Å²) in [6, 6.07) is -0.917. The molecule has 0 rings (SSSR count). The van der Waals surface area contributed by atoms with Gasteiger partial charge in [-0.05, 0) is 27.7 Å². The number of carbonyl (C=O) groups is 1. The number of amidine groups is 1. The van der Waals surface area contributed by atoms with E-state index in [-0.39, 0.29) is 5.84 Å². The summed E-state index contributed by atoms with van der Waals surface area (Å²) >= 11 is 0. The summed E-state index contributed by atoms with van der Waals surface area (Å²) in [5.41, 5.74) is 4.58. The number of nitrogens with one attached hydrogen (secondary N) is 2. The predicted octanol–water partition coefficient (Wildman–Crippen LogP) is 0.196. The smallest absolute Gasteiger partial charge is 0.408 e. The lowest BCUT2D eigenvalue weighted by atomic mass is 10.1. The molecule has 0 aromatic carbocycles. The molecule has 0 spiro atoms. The van der Waals surface area contributed by atoms with Crippen LogP contribution in [-0.4, -0.2) is 34.8 Å². The molecule has 2 unspecified atom stereocenters. The number of alkyl carbamates (subject to hydrolysis) is 1. The van der Waals surface area contributed by atoms with E-state index in [4.69, 9.17) is 15.9 Å². The maximum atomic E-state index is 11.3. The Balaban J connectivity index is 4.31. The topological polar surface area (TPSA) is 108 Å². The van der Waals surface area contributed by atoms with Crippen molar-refractivity contribution < 1.29 is 14.6 Å². The van der Waals surface area contributed by atoms with Crippen LogP contribution in [-0.2, 0) is 4.74 Å². The van der Waals surface area contributed by atoms with Gasteiger partial charge < -0.3 is 20.9 Å². The minimum Gasteiger partial charge on any atom is -0.444 e. The van der Waals surface area contributed by atoms with Gasteiger partial charge in [-0.1, -0.05) is 0 Å². The fraction of sp³-hybridized carbons (Fsp3) is 0.778. The van der Waals surface area contributed by atoms with Crippen molar-refractivity contribution in [1.82, 2.24) is 5.32 Å². The molecule has 0 radical (unpaired) electrons. The highest BCUT2D eigenvalue weighted by molar-refractivity contribution is 5.86. The summed E-state index contributed by atoms with van der Waals surface area (Å²) in [4.78, 5) is 11.3. The maximum Gasteiger partial charge on any atom is 0.408 e. The van der Waals surface area contributed by atoms with Crippen molar-refractivity contribution in [2.24, 2.45) is 5.73 Å². The monoisotopic (exact) mass is 217 g/mol. The SMILES string of the molecule is CC(O)C(NC(=O)OC(C)(C)C)C(=N)N. The number of amides is 1. The molecule has 0 fully saturated rings. The highest BCUT2D eigenvalue weighted by Gasteiger charge is 2.24. The molecule has 0 saturated carbocycles. The highest BCUT2D eigenvalue weighted by atomic mass is 16.6. The van der Waals surface area contributed by atoms with Crippen LogP contribution in [0.15, 0.2) is 0 Å².